The van der Waals surface area contributed by atoms with E-state index in [1.165, 1.54) is 0 Å². The zero-order valence-electron chi connectivity index (χ0n) is 9.16. The Bertz CT molecular complexity index is 713. The largest absolute Gasteiger partial charge is 0.252 e. The Labute approximate surface area is 118 Å². The number of fused-ring (bicyclic) bond motifs is 1. The molecule has 6 heteroatoms. The summed E-state index contributed by atoms with van der Waals surface area (Å²) in [5, 5.41) is 0.929. The molecule has 0 saturated heterocycles. The van der Waals surface area contributed by atoms with Crippen LogP contribution in [0.15, 0.2) is 23.1 Å². The van der Waals surface area contributed by atoms with E-state index in [1.807, 2.05) is 18.2 Å². The van der Waals surface area contributed by atoms with Crippen LogP contribution in [0, 0.1) is 10.5 Å². The van der Waals surface area contributed by atoms with Crippen LogP contribution in [0.25, 0.3) is 10.9 Å². The van der Waals surface area contributed by atoms with Gasteiger partial charge in [0, 0.05) is 15.2 Å². The van der Waals surface area contributed by atoms with Crippen LogP contribution in [0.5, 0.6) is 0 Å². The van der Waals surface area contributed by atoms with Gasteiger partial charge >= 0.3 is 0 Å². The van der Waals surface area contributed by atoms with Crippen molar-refractivity contribution in [2.24, 2.45) is 0 Å². The van der Waals surface area contributed by atoms with Crippen LogP contribution in [-0.2, 0) is 9.84 Å². The maximum Gasteiger partial charge on any atom is 0.178 e. The van der Waals surface area contributed by atoms with Crippen molar-refractivity contribution in [3.8, 4) is 0 Å². The van der Waals surface area contributed by atoms with Crippen LogP contribution in [0.2, 0.25) is 5.02 Å². The number of hydrogen-bond acceptors (Lipinski definition) is 3. The van der Waals surface area contributed by atoms with Gasteiger partial charge in [0.15, 0.2) is 9.84 Å². The van der Waals surface area contributed by atoms with Crippen LogP contribution in [-0.4, -0.2) is 19.7 Å². The van der Waals surface area contributed by atoms with Crippen molar-refractivity contribution in [2.45, 2.75) is 11.8 Å². The topological polar surface area (TPSA) is 47.0 Å². The normalized spacial score (nSPS) is 12.0. The number of sulfone groups is 1. The summed E-state index contributed by atoms with van der Waals surface area (Å²) in [6, 6.07) is 5.58. The minimum Gasteiger partial charge on any atom is -0.252 e. The number of benzene rings is 1. The summed E-state index contributed by atoms with van der Waals surface area (Å²) in [5.74, 6) is 0. The average molecular weight is 382 g/mol. The molecular formula is C11H9ClINO2S. The summed E-state index contributed by atoms with van der Waals surface area (Å²) < 4.78 is 24.3. The van der Waals surface area contributed by atoms with Gasteiger partial charge < -0.3 is 0 Å². The summed E-state index contributed by atoms with van der Waals surface area (Å²) >= 11 is 8.33. The molecule has 0 aliphatic rings. The Morgan fingerprint density at radius 2 is 2.00 bits per heavy atom. The molecule has 0 unspecified atom stereocenters. The second-order valence-electron chi connectivity index (χ2n) is 3.77. The fraction of sp³-hybridized carbons (Fsp3) is 0.182. The molecule has 1 aromatic heterocycles. The van der Waals surface area contributed by atoms with Gasteiger partial charge in [0.25, 0.3) is 0 Å². The van der Waals surface area contributed by atoms with E-state index in [-0.39, 0.29) is 9.92 Å². The molecule has 2 aromatic rings. The quantitative estimate of drug-likeness (QED) is 0.713. The molecule has 3 nitrogen and oxygen atoms in total. The highest BCUT2D eigenvalue weighted by atomic mass is 127. The fourth-order valence-corrected chi connectivity index (χ4v) is 3.94. The van der Waals surface area contributed by atoms with E-state index in [4.69, 9.17) is 11.6 Å². The maximum atomic E-state index is 11.7. The molecule has 0 amide bonds. The molecular weight excluding hydrogens is 373 g/mol. The molecule has 0 bridgehead atoms. The summed E-state index contributed by atoms with van der Waals surface area (Å²) in [4.78, 5) is 4.40. The summed E-state index contributed by atoms with van der Waals surface area (Å²) in [6.45, 7) is 1.65. The Morgan fingerprint density at radius 1 is 1.35 bits per heavy atom. The lowest BCUT2D eigenvalue weighted by atomic mass is 10.2. The lowest BCUT2D eigenvalue weighted by molar-refractivity contribution is 0.601. The van der Waals surface area contributed by atoms with Gasteiger partial charge in [0.2, 0.25) is 0 Å². The first kappa shape index (κ1) is 13.0. The molecule has 0 radical (unpaired) electrons. The van der Waals surface area contributed by atoms with E-state index in [0.717, 1.165) is 9.83 Å². The predicted octanol–water partition coefficient (Wildman–Crippen LogP) is 3.20. The molecule has 0 saturated carbocycles. The number of pyridine rings is 1. The maximum absolute atomic E-state index is 11.7. The number of hydrogen-bond donors (Lipinski definition) is 0. The molecule has 2 rings (SSSR count). The van der Waals surface area contributed by atoms with E-state index in [9.17, 15) is 8.42 Å². The van der Waals surface area contributed by atoms with Crippen molar-refractivity contribution in [3.63, 3.8) is 0 Å². The van der Waals surface area contributed by atoms with E-state index in [1.54, 1.807) is 6.92 Å². The highest BCUT2D eigenvalue weighted by molar-refractivity contribution is 14.1. The molecule has 0 spiro atoms. The number of aromatic nitrogens is 1. The Kier molecular flexibility index (Phi) is 3.35. The van der Waals surface area contributed by atoms with Crippen LogP contribution in [0.4, 0.5) is 0 Å². The highest BCUT2D eigenvalue weighted by Gasteiger charge is 2.19. The van der Waals surface area contributed by atoms with Crippen molar-refractivity contribution in [1.82, 2.24) is 4.98 Å². The first-order valence-corrected chi connectivity index (χ1v) is 8.11. The van der Waals surface area contributed by atoms with Gasteiger partial charge in [-0.15, -0.1) is 0 Å². The van der Waals surface area contributed by atoms with Gasteiger partial charge in [0.1, 0.15) is 4.90 Å². The van der Waals surface area contributed by atoms with Crippen molar-refractivity contribution >= 4 is 54.9 Å². The van der Waals surface area contributed by atoms with Gasteiger partial charge in [-0.2, -0.15) is 0 Å². The molecule has 0 aliphatic heterocycles. The van der Waals surface area contributed by atoms with Crippen molar-refractivity contribution < 1.29 is 8.42 Å². The molecule has 0 fully saturated rings. The van der Waals surface area contributed by atoms with Crippen LogP contribution >= 0.6 is 34.2 Å². The van der Waals surface area contributed by atoms with E-state index in [2.05, 4.69) is 27.6 Å². The monoisotopic (exact) mass is 381 g/mol. The Balaban J connectivity index is 2.98. The van der Waals surface area contributed by atoms with Gasteiger partial charge in [-0.25, -0.2) is 8.42 Å². The van der Waals surface area contributed by atoms with E-state index in [0.29, 0.717) is 16.6 Å². The summed E-state index contributed by atoms with van der Waals surface area (Å²) in [6.07, 6.45) is 1.14. The Morgan fingerprint density at radius 3 is 2.59 bits per heavy atom. The third-order valence-corrected chi connectivity index (χ3v) is 4.80. The van der Waals surface area contributed by atoms with Gasteiger partial charge in [-0.1, -0.05) is 11.6 Å². The van der Waals surface area contributed by atoms with E-state index < -0.39 is 9.84 Å². The van der Waals surface area contributed by atoms with Crippen LogP contribution in [0.3, 0.4) is 0 Å². The van der Waals surface area contributed by atoms with Crippen molar-refractivity contribution in [2.75, 3.05) is 6.26 Å². The van der Waals surface area contributed by atoms with Gasteiger partial charge in [-0.05, 0) is 47.7 Å². The predicted molar refractivity (Wildman–Crippen MR) is 77.3 cm³/mol. The standard InChI is InChI=1S/C11H9ClINO2S/c1-6-11(17(2,15)16)10(12)8-5-7(13)3-4-9(8)14-6/h3-5H,1-2H3. The molecule has 1 aromatic carbocycles. The van der Waals surface area contributed by atoms with Gasteiger partial charge in [-0.3, -0.25) is 4.98 Å². The second-order valence-corrected chi connectivity index (χ2v) is 7.35. The van der Waals surface area contributed by atoms with Crippen molar-refractivity contribution in [1.29, 1.82) is 0 Å². The molecule has 0 atom stereocenters. The molecule has 1 heterocycles. The zero-order valence-corrected chi connectivity index (χ0v) is 12.9. The van der Waals surface area contributed by atoms with Crippen LogP contribution in [0.1, 0.15) is 5.69 Å². The minimum atomic E-state index is -3.37. The smallest absolute Gasteiger partial charge is 0.178 e. The second kappa shape index (κ2) is 4.37. The van der Waals surface area contributed by atoms with Crippen LogP contribution < -0.4 is 0 Å². The molecule has 0 N–H and O–H groups in total. The lowest BCUT2D eigenvalue weighted by Gasteiger charge is -2.09. The molecule has 17 heavy (non-hydrogen) atoms. The SMILES string of the molecule is Cc1nc2ccc(I)cc2c(Cl)c1S(C)(=O)=O. The first-order chi connectivity index (χ1) is 7.80. The first-order valence-electron chi connectivity index (χ1n) is 4.76. The zero-order chi connectivity index (χ0) is 12.8. The Hall–Kier alpha value is -0.400. The van der Waals surface area contributed by atoms with E-state index >= 15 is 0 Å². The molecule has 90 valence electrons. The number of rotatable bonds is 1. The third kappa shape index (κ3) is 2.41. The number of halogens is 2. The summed E-state index contributed by atoms with van der Waals surface area (Å²) in [5.41, 5.74) is 1.14. The third-order valence-electron chi connectivity index (χ3n) is 2.38. The average Bonchev–Trinajstić information content (AvgIpc) is 2.17. The number of aryl methyl sites for hydroxylation is 1. The van der Waals surface area contributed by atoms with Gasteiger partial charge in [0.05, 0.1) is 16.2 Å². The number of nitrogens with zero attached hydrogens (tertiary/aromatic N) is 1. The molecule has 0 aliphatic carbocycles. The highest BCUT2D eigenvalue weighted by Crippen LogP contribution is 2.32. The van der Waals surface area contributed by atoms with Crippen molar-refractivity contribution in [3.05, 3.63) is 32.5 Å². The fourth-order valence-electron chi connectivity index (χ4n) is 1.73. The minimum absolute atomic E-state index is 0.119. The summed E-state index contributed by atoms with van der Waals surface area (Å²) in [7, 11) is -3.37. The lowest BCUT2D eigenvalue weighted by Crippen LogP contribution is -2.04.